The Kier molecular flexibility index (Phi) is 4.51. The molecule has 0 unspecified atom stereocenters. The van der Waals surface area contributed by atoms with Crippen molar-refractivity contribution in [1.82, 2.24) is 10.2 Å². The van der Waals surface area contributed by atoms with E-state index in [1.165, 1.54) is 18.2 Å². The summed E-state index contributed by atoms with van der Waals surface area (Å²) < 4.78 is 23.8. The zero-order valence-electron chi connectivity index (χ0n) is 12.8. The Morgan fingerprint density at radius 1 is 1.21 bits per heavy atom. The van der Waals surface area contributed by atoms with Gasteiger partial charge in [-0.25, -0.2) is 4.39 Å². The van der Waals surface area contributed by atoms with Gasteiger partial charge in [0.05, 0.1) is 0 Å². The van der Waals surface area contributed by atoms with E-state index in [9.17, 15) is 9.18 Å². The van der Waals surface area contributed by atoms with Crippen molar-refractivity contribution >= 4 is 11.6 Å². The van der Waals surface area contributed by atoms with Gasteiger partial charge in [0.25, 0.3) is 5.91 Å². The monoisotopic (exact) mass is 327 g/mol. The van der Waals surface area contributed by atoms with Gasteiger partial charge in [-0.2, -0.15) is 0 Å². The second-order valence-electron chi connectivity index (χ2n) is 5.00. The highest BCUT2D eigenvalue weighted by Crippen LogP contribution is 2.21. The number of anilines is 1. The van der Waals surface area contributed by atoms with Crippen LogP contribution in [0.15, 0.2) is 52.9 Å². The number of amides is 1. The molecule has 0 spiro atoms. The van der Waals surface area contributed by atoms with Gasteiger partial charge in [0, 0.05) is 18.2 Å². The summed E-state index contributed by atoms with van der Waals surface area (Å²) in [6.45, 7) is 1.53. The van der Waals surface area contributed by atoms with E-state index in [1.54, 1.807) is 37.3 Å². The van der Waals surface area contributed by atoms with Gasteiger partial charge in [0.15, 0.2) is 6.61 Å². The van der Waals surface area contributed by atoms with Crippen molar-refractivity contribution < 1.29 is 18.3 Å². The topological polar surface area (TPSA) is 77.2 Å². The number of aromatic nitrogens is 2. The smallest absolute Gasteiger partial charge is 0.262 e. The fourth-order valence-corrected chi connectivity index (χ4v) is 2.02. The first-order valence-corrected chi connectivity index (χ1v) is 7.19. The first-order valence-electron chi connectivity index (χ1n) is 7.19. The summed E-state index contributed by atoms with van der Waals surface area (Å²) in [5, 5.41) is 10.2. The van der Waals surface area contributed by atoms with Crippen molar-refractivity contribution in [3.8, 4) is 17.2 Å². The number of benzene rings is 2. The van der Waals surface area contributed by atoms with E-state index in [-0.39, 0.29) is 12.5 Å². The van der Waals surface area contributed by atoms with E-state index >= 15 is 0 Å². The van der Waals surface area contributed by atoms with Crippen LogP contribution < -0.4 is 10.1 Å². The zero-order chi connectivity index (χ0) is 16.9. The lowest BCUT2D eigenvalue weighted by Crippen LogP contribution is -2.20. The van der Waals surface area contributed by atoms with Crippen LogP contribution in [-0.4, -0.2) is 22.7 Å². The lowest BCUT2D eigenvalue weighted by atomic mass is 10.2. The number of hydrogen-bond donors (Lipinski definition) is 1. The largest absolute Gasteiger partial charge is 0.484 e. The van der Waals surface area contributed by atoms with Gasteiger partial charge in [-0.15, -0.1) is 10.2 Å². The molecule has 0 aliphatic carbocycles. The number of carbonyl (C=O) groups excluding carboxylic acids is 1. The van der Waals surface area contributed by atoms with Gasteiger partial charge in [0.2, 0.25) is 11.8 Å². The third kappa shape index (κ3) is 3.95. The maximum absolute atomic E-state index is 13.0. The lowest BCUT2D eigenvalue weighted by molar-refractivity contribution is -0.118. The molecule has 0 radical (unpaired) electrons. The molecule has 1 heterocycles. The van der Waals surface area contributed by atoms with Crippen molar-refractivity contribution in [2.24, 2.45) is 0 Å². The minimum Gasteiger partial charge on any atom is -0.484 e. The van der Waals surface area contributed by atoms with E-state index in [0.29, 0.717) is 23.2 Å². The Morgan fingerprint density at radius 3 is 2.67 bits per heavy atom. The van der Waals surface area contributed by atoms with Crippen molar-refractivity contribution in [3.63, 3.8) is 0 Å². The molecule has 0 saturated carbocycles. The fourth-order valence-electron chi connectivity index (χ4n) is 2.02. The van der Waals surface area contributed by atoms with Crippen LogP contribution in [-0.2, 0) is 4.79 Å². The van der Waals surface area contributed by atoms with Gasteiger partial charge >= 0.3 is 0 Å². The maximum atomic E-state index is 13.0. The molecule has 7 heteroatoms. The van der Waals surface area contributed by atoms with Crippen LogP contribution in [0.25, 0.3) is 11.5 Å². The summed E-state index contributed by atoms with van der Waals surface area (Å²) in [6.07, 6.45) is 0. The van der Waals surface area contributed by atoms with Crippen molar-refractivity contribution in [1.29, 1.82) is 0 Å². The van der Waals surface area contributed by atoms with E-state index in [4.69, 9.17) is 9.15 Å². The van der Waals surface area contributed by atoms with E-state index < -0.39 is 5.82 Å². The highest BCUT2D eigenvalue weighted by molar-refractivity contribution is 5.91. The average molecular weight is 327 g/mol. The third-order valence-corrected chi connectivity index (χ3v) is 3.11. The first-order chi connectivity index (χ1) is 11.6. The summed E-state index contributed by atoms with van der Waals surface area (Å²) in [7, 11) is 0. The van der Waals surface area contributed by atoms with Gasteiger partial charge in [-0.1, -0.05) is 6.07 Å². The Morgan fingerprint density at radius 2 is 2.00 bits per heavy atom. The molecule has 6 nitrogen and oxygen atoms in total. The van der Waals surface area contributed by atoms with Crippen LogP contribution in [0.1, 0.15) is 5.89 Å². The second kappa shape index (κ2) is 6.91. The van der Waals surface area contributed by atoms with Gasteiger partial charge in [-0.05, 0) is 42.5 Å². The highest BCUT2D eigenvalue weighted by Gasteiger charge is 2.07. The lowest BCUT2D eigenvalue weighted by Gasteiger charge is -2.08. The molecule has 2 aromatic carbocycles. The fraction of sp³-hybridized carbons (Fsp3) is 0.118. The van der Waals surface area contributed by atoms with Crippen molar-refractivity contribution in [2.45, 2.75) is 6.92 Å². The van der Waals surface area contributed by atoms with Crippen LogP contribution >= 0.6 is 0 Å². The SMILES string of the molecule is Cc1nnc(-c2ccc(OCC(=O)Nc3cccc(F)c3)cc2)o1. The summed E-state index contributed by atoms with van der Waals surface area (Å²) in [5.74, 6) is 0.629. The first kappa shape index (κ1) is 15.7. The molecule has 1 aromatic heterocycles. The summed E-state index contributed by atoms with van der Waals surface area (Å²) >= 11 is 0. The van der Waals surface area contributed by atoms with Crippen LogP contribution in [0.4, 0.5) is 10.1 Å². The van der Waals surface area contributed by atoms with Gasteiger partial charge in [-0.3, -0.25) is 4.79 Å². The number of hydrogen-bond acceptors (Lipinski definition) is 5. The normalized spacial score (nSPS) is 10.4. The molecule has 0 aliphatic rings. The Labute approximate surface area is 137 Å². The van der Waals surface area contributed by atoms with Crippen LogP contribution in [0.5, 0.6) is 5.75 Å². The number of halogens is 1. The number of carbonyl (C=O) groups is 1. The van der Waals surface area contributed by atoms with E-state index in [0.717, 1.165) is 5.56 Å². The Balaban J connectivity index is 1.55. The Hall–Kier alpha value is -3.22. The van der Waals surface area contributed by atoms with E-state index in [2.05, 4.69) is 15.5 Å². The van der Waals surface area contributed by atoms with Crippen molar-refractivity contribution in [2.75, 3.05) is 11.9 Å². The number of nitrogens with one attached hydrogen (secondary N) is 1. The van der Waals surface area contributed by atoms with Gasteiger partial charge in [0.1, 0.15) is 11.6 Å². The molecule has 0 fully saturated rings. The van der Waals surface area contributed by atoms with Crippen molar-refractivity contribution in [3.05, 3.63) is 60.2 Å². The Bertz CT molecular complexity index is 846. The zero-order valence-corrected chi connectivity index (χ0v) is 12.8. The maximum Gasteiger partial charge on any atom is 0.262 e. The number of aryl methyl sites for hydroxylation is 1. The minimum atomic E-state index is -0.416. The quantitative estimate of drug-likeness (QED) is 0.778. The van der Waals surface area contributed by atoms with E-state index in [1.807, 2.05) is 0 Å². The molecule has 1 N–H and O–H groups in total. The highest BCUT2D eigenvalue weighted by atomic mass is 19.1. The molecule has 24 heavy (non-hydrogen) atoms. The molecule has 0 saturated heterocycles. The number of nitrogens with zero attached hydrogens (tertiary/aromatic N) is 2. The summed E-state index contributed by atoms with van der Waals surface area (Å²) in [4.78, 5) is 11.8. The molecule has 0 bridgehead atoms. The summed E-state index contributed by atoms with van der Waals surface area (Å²) in [6, 6.07) is 12.6. The van der Waals surface area contributed by atoms with Crippen LogP contribution in [0, 0.1) is 12.7 Å². The molecule has 3 rings (SSSR count). The molecule has 0 atom stereocenters. The molecular weight excluding hydrogens is 313 g/mol. The predicted octanol–water partition coefficient (Wildman–Crippen LogP) is 3.20. The molecule has 0 aliphatic heterocycles. The molecular formula is C17H14FN3O3. The second-order valence-corrected chi connectivity index (χ2v) is 5.00. The molecule has 3 aromatic rings. The minimum absolute atomic E-state index is 0.185. The predicted molar refractivity (Wildman–Crippen MR) is 85.0 cm³/mol. The van der Waals surface area contributed by atoms with Crippen LogP contribution in [0.2, 0.25) is 0 Å². The molecule has 1 amide bonds. The van der Waals surface area contributed by atoms with Crippen LogP contribution in [0.3, 0.4) is 0 Å². The third-order valence-electron chi connectivity index (χ3n) is 3.11. The average Bonchev–Trinajstić information content (AvgIpc) is 3.00. The standard InChI is InChI=1S/C17H14FN3O3/c1-11-20-21-17(24-11)12-5-7-15(8-6-12)23-10-16(22)19-14-4-2-3-13(18)9-14/h2-9H,10H2,1H3,(H,19,22). The number of rotatable bonds is 5. The molecule has 122 valence electrons. The summed E-state index contributed by atoms with van der Waals surface area (Å²) in [5.41, 5.74) is 1.14. The van der Waals surface area contributed by atoms with Gasteiger partial charge < -0.3 is 14.5 Å². The number of ether oxygens (including phenoxy) is 1.